The first-order valence-electron chi connectivity index (χ1n) is 10.6. The quantitative estimate of drug-likeness (QED) is 0.670. The van der Waals surface area contributed by atoms with Crippen LogP contribution in [-0.2, 0) is 16.1 Å². The van der Waals surface area contributed by atoms with E-state index in [0.717, 1.165) is 22.3 Å². The Bertz CT molecular complexity index is 876. The zero-order valence-electron chi connectivity index (χ0n) is 19.0. The molecule has 0 radical (unpaired) electrons. The van der Waals surface area contributed by atoms with Crippen molar-refractivity contribution < 1.29 is 14.3 Å². The second kappa shape index (κ2) is 10.8. The van der Waals surface area contributed by atoms with Crippen molar-refractivity contribution >= 4 is 11.8 Å². The standard InChI is InChI=1S/C25H34N2O3/c1-7-22(25(29)26-17(2)3)27(15-21-11-9-8-10-19(21)5)24(28)16-30-23-14-18(4)12-13-20(23)6/h8-14,17,22H,7,15-16H2,1-6H3,(H,26,29)/t22-/m0/s1. The minimum atomic E-state index is -0.554. The van der Waals surface area contributed by atoms with Gasteiger partial charge in [-0.2, -0.15) is 0 Å². The summed E-state index contributed by atoms with van der Waals surface area (Å²) in [6, 6.07) is 13.3. The molecule has 0 aromatic heterocycles. The summed E-state index contributed by atoms with van der Waals surface area (Å²) in [5, 5.41) is 2.95. The van der Waals surface area contributed by atoms with Crippen LogP contribution in [0.5, 0.6) is 5.75 Å². The fourth-order valence-electron chi connectivity index (χ4n) is 3.36. The normalized spacial score (nSPS) is 11.8. The van der Waals surface area contributed by atoms with Gasteiger partial charge in [0.15, 0.2) is 6.61 Å². The first-order chi connectivity index (χ1) is 14.2. The second-order valence-electron chi connectivity index (χ2n) is 8.09. The molecule has 0 aliphatic rings. The van der Waals surface area contributed by atoms with E-state index in [2.05, 4.69) is 5.32 Å². The van der Waals surface area contributed by atoms with Crippen molar-refractivity contribution in [2.45, 2.75) is 66.6 Å². The smallest absolute Gasteiger partial charge is 0.261 e. The molecular weight excluding hydrogens is 376 g/mol. The molecule has 0 saturated heterocycles. The summed E-state index contributed by atoms with van der Waals surface area (Å²) in [6.45, 7) is 12.0. The van der Waals surface area contributed by atoms with Crippen LogP contribution in [-0.4, -0.2) is 35.4 Å². The molecular formula is C25H34N2O3. The van der Waals surface area contributed by atoms with Crippen LogP contribution in [0.25, 0.3) is 0 Å². The highest BCUT2D eigenvalue weighted by atomic mass is 16.5. The van der Waals surface area contributed by atoms with Crippen molar-refractivity contribution in [2.24, 2.45) is 0 Å². The lowest BCUT2D eigenvalue weighted by molar-refractivity contribution is -0.143. The zero-order valence-corrected chi connectivity index (χ0v) is 19.0. The molecule has 5 heteroatoms. The van der Waals surface area contributed by atoms with E-state index >= 15 is 0 Å². The lowest BCUT2D eigenvalue weighted by Crippen LogP contribution is -2.51. The van der Waals surface area contributed by atoms with Gasteiger partial charge in [-0.15, -0.1) is 0 Å². The Morgan fingerprint density at radius 2 is 1.73 bits per heavy atom. The predicted molar refractivity (Wildman–Crippen MR) is 120 cm³/mol. The van der Waals surface area contributed by atoms with E-state index in [9.17, 15) is 9.59 Å². The van der Waals surface area contributed by atoms with E-state index in [4.69, 9.17) is 4.74 Å². The minimum Gasteiger partial charge on any atom is -0.483 e. The fraction of sp³-hybridized carbons (Fsp3) is 0.440. The molecule has 0 aliphatic heterocycles. The third kappa shape index (κ3) is 6.34. The zero-order chi connectivity index (χ0) is 22.3. The van der Waals surface area contributed by atoms with Crippen molar-refractivity contribution in [3.8, 4) is 5.75 Å². The highest BCUT2D eigenvalue weighted by molar-refractivity contribution is 5.88. The van der Waals surface area contributed by atoms with Gasteiger partial charge in [0.2, 0.25) is 5.91 Å². The van der Waals surface area contributed by atoms with Gasteiger partial charge < -0.3 is 15.0 Å². The maximum Gasteiger partial charge on any atom is 0.261 e. The van der Waals surface area contributed by atoms with Gasteiger partial charge in [0.1, 0.15) is 11.8 Å². The molecule has 0 unspecified atom stereocenters. The minimum absolute atomic E-state index is 0.00755. The average Bonchev–Trinajstić information content (AvgIpc) is 2.69. The van der Waals surface area contributed by atoms with Gasteiger partial charge in [0.25, 0.3) is 5.91 Å². The second-order valence-corrected chi connectivity index (χ2v) is 8.09. The summed E-state index contributed by atoms with van der Waals surface area (Å²) in [4.78, 5) is 27.7. The third-order valence-electron chi connectivity index (χ3n) is 5.11. The van der Waals surface area contributed by atoms with Crippen molar-refractivity contribution in [1.82, 2.24) is 10.2 Å². The molecule has 2 rings (SSSR count). The van der Waals surface area contributed by atoms with E-state index in [0.29, 0.717) is 18.7 Å². The molecule has 0 heterocycles. The Balaban J connectivity index is 2.26. The number of hydrogen-bond acceptors (Lipinski definition) is 3. The molecule has 0 spiro atoms. The third-order valence-corrected chi connectivity index (χ3v) is 5.11. The fourth-order valence-corrected chi connectivity index (χ4v) is 3.36. The molecule has 2 aromatic rings. The van der Waals surface area contributed by atoms with Crippen molar-refractivity contribution in [2.75, 3.05) is 6.61 Å². The van der Waals surface area contributed by atoms with Crippen molar-refractivity contribution in [1.29, 1.82) is 0 Å². The summed E-state index contributed by atoms with van der Waals surface area (Å²) in [5.41, 5.74) is 4.16. The lowest BCUT2D eigenvalue weighted by Gasteiger charge is -2.31. The number of carbonyl (C=O) groups is 2. The number of aryl methyl sites for hydroxylation is 3. The van der Waals surface area contributed by atoms with Gasteiger partial charge in [-0.25, -0.2) is 0 Å². The van der Waals surface area contributed by atoms with Gasteiger partial charge in [-0.05, 0) is 69.4 Å². The van der Waals surface area contributed by atoms with E-state index in [-0.39, 0.29) is 24.5 Å². The molecule has 5 nitrogen and oxygen atoms in total. The monoisotopic (exact) mass is 410 g/mol. The van der Waals surface area contributed by atoms with Gasteiger partial charge in [-0.1, -0.05) is 43.3 Å². The number of benzene rings is 2. The maximum absolute atomic E-state index is 13.2. The van der Waals surface area contributed by atoms with Crippen LogP contribution in [0.2, 0.25) is 0 Å². The number of nitrogens with one attached hydrogen (secondary N) is 1. The Morgan fingerprint density at radius 3 is 2.37 bits per heavy atom. The highest BCUT2D eigenvalue weighted by Crippen LogP contribution is 2.20. The topological polar surface area (TPSA) is 58.6 Å². The van der Waals surface area contributed by atoms with Gasteiger partial charge in [-0.3, -0.25) is 9.59 Å². The van der Waals surface area contributed by atoms with Crippen LogP contribution < -0.4 is 10.1 Å². The maximum atomic E-state index is 13.2. The van der Waals surface area contributed by atoms with Crippen LogP contribution in [0.3, 0.4) is 0 Å². The summed E-state index contributed by atoms with van der Waals surface area (Å²) >= 11 is 0. The molecule has 30 heavy (non-hydrogen) atoms. The van der Waals surface area contributed by atoms with E-state index in [1.807, 2.05) is 84.0 Å². The van der Waals surface area contributed by atoms with E-state index in [1.54, 1.807) is 4.90 Å². The predicted octanol–water partition coefficient (Wildman–Crippen LogP) is 4.32. The number of carbonyl (C=O) groups excluding carboxylic acids is 2. The lowest BCUT2D eigenvalue weighted by atomic mass is 10.1. The molecule has 1 N–H and O–H groups in total. The Hall–Kier alpha value is -2.82. The molecule has 162 valence electrons. The SMILES string of the molecule is CC[C@@H](C(=O)NC(C)C)N(Cc1ccccc1C)C(=O)COc1cc(C)ccc1C. The first-order valence-corrected chi connectivity index (χ1v) is 10.6. The van der Waals surface area contributed by atoms with Gasteiger partial charge in [0.05, 0.1) is 0 Å². The first kappa shape index (κ1) is 23.5. The number of rotatable bonds is 9. The molecule has 0 saturated carbocycles. The highest BCUT2D eigenvalue weighted by Gasteiger charge is 2.29. The average molecular weight is 411 g/mol. The largest absolute Gasteiger partial charge is 0.483 e. The Kier molecular flexibility index (Phi) is 8.46. The molecule has 0 bridgehead atoms. The van der Waals surface area contributed by atoms with Gasteiger partial charge >= 0.3 is 0 Å². The van der Waals surface area contributed by atoms with Crippen LogP contribution >= 0.6 is 0 Å². The summed E-state index contributed by atoms with van der Waals surface area (Å²) in [7, 11) is 0. The van der Waals surface area contributed by atoms with E-state index in [1.165, 1.54) is 0 Å². The van der Waals surface area contributed by atoms with Crippen molar-refractivity contribution in [3.05, 3.63) is 64.7 Å². The summed E-state index contributed by atoms with van der Waals surface area (Å²) in [5.74, 6) is 0.352. The molecule has 2 amide bonds. The summed E-state index contributed by atoms with van der Waals surface area (Å²) in [6.07, 6.45) is 0.527. The van der Waals surface area contributed by atoms with Crippen LogP contribution in [0.1, 0.15) is 49.4 Å². The molecule has 2 aromatic carbocycles. The number of ether oxygens (including phenoxy) is 1. The van der Waals surface area contributed by atoms with Crippen LogP contribution in [0, 0.1) is 20.8 Å². The molecule has 0 fully saturated rings. The van der Waals surface area contributed by atoms with Crippen LogP contribution in [0.4, 0.5) is 0 Å². The van der Waals surface area contributed by atoms with Crippen LogP contribution in [0.15, 0.2) is 42.5 Å². The molecule has 1 atom stereocenters. The molecule has 0 aliphatic carbocycles. The number of hydrogen-bond donors (Lipinski definition) is 1. The number of amides is 2. The number of nitrogens with zero attached hydrogens (tertiary/aromatic N) is 1. The Labute approximate surface area is 180 Å². The van der Waals surface area contributed by atoms with Crippen molar-refractivity contribution in [3.63, 3.8) is 0 Å². The summed E-state index contributed by atoms with van der Waals surface area (Å²) < 4.78 is 5.86. The van der Waals surface area contributed by atoms with Gasteiger partial charge in [0, 0.05) is 12.6 Å². The Morgan fingerprint density at radius 1 is 1.03 bits per heavy atom. The van der Waals surface area contributed by atoms with E-state index < -0.39 is 6.04 Å².